The summed E-state index contributed by atoms with van der Waals surface area (Å²) in [6, 6.07) is 11.3. The monoisotopic (exact) mass is 755 g/mol. The van der Waals surface area contributed by atoms with Gasteiger partial charge in [0.1, 0.15) is 17.2 Å². The second-order valence-corrected chi connectivity index (χ2v) is 15.8. The Hall–Kier alpha value is -5.24. The average Bonchev–Trinajstić information content (AvgIpc) is 4.12. The van der Waals surface area contributed by atoms with Gasteiger partial charge in [-0.25, -0.2) is 4.98 Å². The number of carbonyl (C=O) groups excluding carboxylic acids is 3. The number of aromatic nitrogens is 3. The quantitative estimate of drug-likeness (QED) is 0.105. The largest absolute Gasteiger partial charge is 0.393 e. The summed E-state index contributed by atoms with van der Waals surface area (Å²) in [5.74, 6) is -0.694. The number of nitrogens with zero attached hydrogens (tertiary/aromatic N) is 6. The van der Waals surface area contributed by atoms with Crippen LogP contribution in [0.1, 0.15) is 92.8 Å². The minimum atomic E-state index is -1.39. The van der Waals surface area contributed by atoms with Crippen molar-refractivity contribution in [1.29, 1.82) is 0 Å². The highest BCUT2D eigenvalue weighted by atomic mass is 16.2. The van der Waals surface area contributed by atoms with Crippen molar-refractivity contribution in [2.75, 3.05) is 37.9 Å². The fraction of sp³-hybridized carbons (Fsp3) is 0.475. The van der Waals surface area contributed by atoms with Crippen LogP contribution in [0.25, 0.3) is 11.1 Å². The first-order chi connectivity index (χ1) is 26.7. The van der Waals surface area contributed by atoms with Crippen molar-refractivity contribution in [3.63, 3.8) is 0 Å². The summed E-state index contributed by atoms with van der Waals surface area (Å²) < 4.78 is 2.18. The average molecular weight is 756 g/mol. The number of fused-ring (bicyclic) bond motifs is 3. The molecule has 2 saturated carbocycles. The maximum Gasteiger partial charge on any atom is 0.271 e. The summed E-state index contributed by atoms with van der Waals surface area (Å²) in [6.45, 7) is 4.87. The molecule has 56 heavy (non-hydrogen) atoms. The van der Waals surface area contributed by atoms with Crippen LogP contribution in [0.3, 0.4) is 0 Å². The molecule has 1 aromatic carbocycles. The second-order valence-electron chi connectivity index (χ2n) is 15.8. The Morgan fingerprint density at radius 3 is 2.43 bits per heavy atom. The van der Waals surface area contributed by atoms with Gasteiger partial charge in [0.15, 0.2) is 0 Å². The van der Waals surface area contributed by atoms with Gasteiger partial charge in [0.25, 0.3) is 11.8 Å². The molecule has 3 fully saturated rings. The Bertz CT molecular complexity index is 2090. The van der Waals surface area contributed by atoms with Crippen LogP contribution in [0.5, 0.6) is 0 Å². The van der Waals surface area contributed by atoms with Gasteiger partial charge in [-0.2, -0.15) is 5.10 Å². The molecule has 3 aromatic rings. The van der Waals surface area contributed by atoms with Crippen molar-refractivity contribution < 1.29 is 14.4 Å². The van der Waals surface area contributed by atoms with E-state index in [-0.39, 0.29) is 59.1 Å². The maximum absolute atomic E-state index is 13.2. The summed E-state index contributed by atoms with van der Waals surface area (Å²) in [5.41, 5.74) is 18.6. The molecule has 1 saturated heterocycles. The number of para-hydroxylation sites is 1. The molecule has 0 bridgehead atoms. The predicted octanol–water partition coefficient (Wildman–Crippen LogP) is 2.91. The lowest BCUT2D eigenvalue weighted by atomic mass is 9.57. The van der Waals surface area contributed by atoms with Crippen molar-refractivity contribution in [2.24, 2.45) is 17.4 Å². The van der Waals surface area contributed by atoms with Crippen LogP contribution in [-0.4, -0.2) is 97.7 Å². The molecule has 7 N–H and O–H groups in total. The number of nitrogens with one attached hydrogen (secondary N) is 3. The van der Waals surface area contributed by atoms with E-state index in [0.29, 0.717) is 17.9 Å². The third-order valence-corrected chi connectivity index (χ3v) is 11.4. The van der Waals surface area contributed by atoms with E-state index in [4.69, 9.17) is 32.3 Å². The summed E-state index contributed by atoms with van der Waals surface area (Å²) in [7, 11) is 19.1. The van der Waals surface area contributed by atoms with Crippen molar-refractivity contribution in [1.82, 2.24) is 35.2 Å². The molecular formula is C40H51B2N11O3. The number of amides is 3. The highest BCUT2D eigenvalue weighted by Crippen LogP contribution is 2.50. The number of hydrogen-bond donors (Lipinski definition) is 5. The summed E-state index contributed by atoms with van der Waals surface area (Å²) in [6.07, 6.45) is 9.25. The van der Waals surface area contributed by atoms with Gasteiger partial charge >= 0.3 is 0 Å². The van der Waals surface area contributed by atoms with Crippen molar-refractivity contribution in [3.8, 4) is 11.1 Å². The SMILES string of the molecule is [B]C([B])(c1cccc(C(=O)N(C)C)n1)N1CCC(n2ncc3c2C(CC)N(C)c2c(NC(/C=C(\N)NC(=O)C4CC4)=C(/N)C(=O)NC4CC4)cccc2-3)CC1C. The van der Waals surface area contributed by atoms with Crippen LogP contribution in [0.4, 0.5) is 11.4 Å². The lowest BCUT2D eigenvalue weighted by molar-refractivity contribution is -0.121. The molecule has 4 radical (unpaired) electrons. The number of allylic oxidation sites excluding steroid dienone is 1. The third kappa shape index (κ3) is 7.63. The summed E-state index contributed by atoms with van der Waals surface area (Å²) >= 11 is 0. The van der Waals surface area contributed by atoms with E-state index in [2.05, 4.69) is 62.4 Å². The molecule has 2 aliphatic heterocycles. The van der Waals surface area contributed by atoms with Crippen LogP contribution in [-0.2, 0) is 14.9 Å². The Balaban J connectivity index is 1.17. The molecule has 3 unspecified atom stereocenters. The number of nitrogens with two attached hydrogens (primary N) is 2. The zero-order chi connectivity index (χ0) is 40.1. The van der Waals surface area contributed by atoms with E-state index in [0.717, 1.165) is 73.1 Å². The van der Waals surface area contributed by atoms with Crippen molar-refractivity contribution >= 4 is 44.8 Å². The van der Waals surface area contributed by atoms with Gasteiger partial charge in [0, 0.05) is 62.0 Å². The molecule has 14 nitrogen and oxygen atoms in total. The minimum absolute atomic E-state index is 0.0228. The van der Waals surface area contributed by atoms with Crippen LogP contribution in [0, 0.1) is 5.92 Å². The fourth-order valence-electron chi connectivity index (χ4n) is 8.04. The lowest BCUT2D eigenvalue weighted by Gasteiger charge is -2.48. The maximum atomic E-state index is 13.2. The second kappa shape index (κ2) is 15.4. The van der Waals surface area contributed by atoms with Crippen LogP contribution in [0.2, 0.25) is 0 Å². The van der Waals surface area contributed by atoms with Gasteiger partial charge in [0.05, 0.1) is 56.7 Å². The number of pyridine rings is 1. The minimum Gasteiger partial charge on any atom is -0.393 e. The Morgan fingerprint density at radius 1 is 1.04 bits per heavy atom. The van der Waals surface area contributed by atoms with Gasteiger partial charge in [-0.1, -0.05) is 25.1 Å². The van der Waals surface area contributed by atoms with Crippen molar-refractivity contribution in [3.05, 3.63) is 83.0 Å². The number of hydrogen-bond acceptors (Lipinski definition) is 10. The lowest BCUT2D eigenvalue weighted by Crippen LogP contribution is -2.55. The smallest absolute Gasteiger partial charge is 0.271 e. The number of rotatable bonds is 12. The summed E-state index contributed by atoms with van der Waals surface area (Å²) in [5, 5.41) is 12.8. The molecule has 3 atom stereocenters. The fourth-order valence-corrected chi connectivity index (χ4v) is 8.04. The van der Waals surface area contributed by atoms with E-state index in [1.165, 1.54) is 11.0 Å². The molecule has 4 aliphatic rings. The molecular weight excluding hydrogens is 704 g/mol. The molecule has 2 aromatic heterocycles. The molecule has 0 spiro atoms. The summed E-state index contributed by atoms with van der Waals surface area (Å²) in [4.78, 5) is 48.7. The normalized spacial score (nSPS) is 21.7. The van der Waals surface area contributed by atoms with E-state index in [1.54, 1.807) is 32.3 Å². The van der Waals surface area contributed by atoms with Gasteiger partial charge < -0.3 is 42.1 Å². The first kappa shape index (κ1) is 39.0. The Labute approximate surface area is 331 Å². The number of likely N-dealkylation sites (tertiary alicyclic amines) is 1. The molecule has 3 amide bonds. The third-order valence-electron chi connectivity index (χ3n) is 11.4. The number of piperidine rings is 1. The highest BCUT2D eigenvalue weighted by molar-refractivity contribution is 6.39. The zero-order valence-corrected chi connectivity index (χ0v) is 32.9. The molecule has 7 rings (SSSR count). The van der Waals surface area contributed by atoms with E-state index >= 15 is 0 Å². The van der Waals surface area contributed by atoms with E-state index in [9.17, 15) is 14.4 Å². The van der Waals surface area contributed by atoms with Gasteiger partial charge in [-0.05, 0) is 82.0 Å². The molecule has 4 heterocycles. The number of benzene rings is 1. The molecule has 16 heteroatoms. The van der Waals surface area contributed by atoms with Crippen molar-refractivity contribution in [2.45, 2.75) is 88.3 Å². The van der Waals surface area contributed by atoms with Gasteiger partial charge in [0.2, 0.25) is 5.91 Å². The van der Waals surface area contributed by atoms with Crippen LogP contribution < -0.4 is 32.3 Å². The van der Waals surface area contributed by atoms with Gasteiger partial charge in [-0.3, -0.25) is 19.1 Å². The topological polar surface area (TPSA) is 180 Å². The van der Waals surface area contributed by atoms with E-state index in [1.807, 2.05) is 18.3 Å². The predicted molar refractivity (Wildman–Crippen MR) is 218 cm³/mol. The molecule has 2 aliphatic carbocycles. The van der Waals surface area contributed by atoms with E-state index < -0.39 is 11.2 Å². The first-order valence-corrected chi connectivity index (χ1v) is 19.5. The molecule has 290 valence electrons. The van der Waals surface area contributed by atoms with Gasteiger partial charge in [-0.15, -0.1) is 0 Å². The number of carbonyl (C=O) groups is 3. The van der Waals surface area contributed by atoms with Crippen LogP contribution >= 0.6 is 0 Å². The Kier molecular flexibility index (Phi) is 10.7. The standard InChI is InChI=1S/C40H51B2N11O3/c1-6-31-36-27(21-45-53(36)25-17-18-52(22(2)19-25)40(41,42)32-12-8-11-29(48-32)39(56)50(3)4)26-9-7-10-28(35(26)51(31)5)47-30(34(44)38(55)46-24-15-16-24)20-33(43)49-37(54)23-13-14-23/h7-12,20-25,31,47H,6,13-19,43-44H2,1-5H3,(H,46,55)(H,49,54)/b33-20+,34-30+. The van der Waals surface area contributed by atoms with Crippen LogP contribution in [0.15, 0.2) is 65.9 Å². The number of anilines is 2. The zero-order valence-electron chi connectivity index (χ0n) is 32.9. The highest BCUT2D eigenvalue weighted by Gasteiger charge is 2.40. The Morgan fingerprint density at radius 2 is 1.77 bits per heavy atom. The first-order valence-electron chi connectivity index (χ1n) is 19.5.